The second-order valence-electron chi connectivity index (χ2n) is 3.91. The molecule has 0 saturated heterocycles. The van der Waals surface area contributed by atoms with Gasteiger partial charge in [-0.25, -0.2) is 4.98 Å². The number of nitrogens with zero attached hydrogens (tertiary/aromatic N) is 2. The first-order chi connectivity index (χ1) is 9.31. The highest BCUT2D eigenvalue weighted by atomic mass is 16.5. The van der Waals surface area contributed by atoms with Crippen molar-refractivity contribution >= 4 is 0 Å². The molecule has 5 nitrogen and oxygen atoms in total. The van der Waals surface area contributed by atoms with Gasteiger partial charge in [-0.05, 0) is 18.7 Å². The Bertz CT molecular complexity index is 514. The molecule has 2 aromatic rings. The lowest BCUT2D eigenvalue weighted by molar-refractivity contribution is 0.407. The average molecular weight is 259 g/mol. The monoisotopic (exact) mass is 259 g/mol. The summed E-state index contributed by atoms with van der Waals surface area (Å²) in [5, 5.41) is 3.19. The molecule has 0 aliphatic carbocycles. The summed E-state index contributed by atoms with van der Waals surface area (Å²) in [4.78, 5) is 8.49. The summed E-state index contributed by atoms with van der Waals surface area (Å²) in [6, 6.07) is 7.37. The molecular formula is C14H17N3O2. The molecule has 19 heavy (non-hydrogen) atoms. The van der Waals surface area contributed by atoms with E-state index in [2.05, 4.69) is 15.3 Å². The van der Waals surface area contributed by atoms with Gasteiger partial charge in [-0.2, -0.15) is 0 Å². The summed E-state index contributed by atoms with van der Waals surface area (Å²) in [5.74, 6) is 1.89. The van der Waals surface area contributed by atoms with Crippen LogP contribution in [0.1, 0.15) is 12.6 Å². The van der Waals surface area contributed by atoms with Crippen molar-refractivity contribution in [3.8, 4) is 17.4 Å². The molecule has 1 N–H and O–H groups in total. The van der Waals surface area contributed by atoms with E-state index in [-0.39, 0.29) is 0 Å². The van der Waals surface area contributed by atoms with Gasteiger partial charge in [-0.1, -0.05) is 13.0 Å². The molecule has 0 unspecified atom stereocenters. The number of aromatic nitrogens is 2. The topological polar surface area (TPSA) is 56.3 Å². The highest BCUT2D eigenvalue weighted by molar-refractivity contribution is 5.34. The van der Waals surface area contributed by atoms with E-state index in [0.29, 0.717) is 18.2 Å². The van der Waals surface area contributed by atoms with E-state index in [9.17, 15) is 0 Å². The first kappa shape index (κ1) is 13.3. The van der Waals surface area contributed by atoms with E-state index < -0.39 is 0 Å². The Morgan fingerprint density at radius 3 is 2.68 bits per heavy atom. The molecule has 0 saturated carbocycles. The van der Waals surface area contributed by atoms with Gasteiger partial charge in [-0.15, -0.1) is 0 Å². The summed E-state index contributed by atoms with van der Waals surface area (Å²) in [5.41, 5.74) is 0.889. The molecule has 100 valence electrons. The summed E-state index contributed by atoms with van der Waals surface area (Å²) in [6.45, 7) is 3.67. The van der Waals surface area contributed by atoms with Crippen LogP contribution in [0.4, 0.5) is 0 Å². The molecule has 0 aliphatic rings. The van der Waals surface area contributed by atoms with Crippen molar-refractivity contribution in [1.29, 1.82) is 0 Å². The summed E-state index contributed by atoms with van der Waals surface area (Å²) in [7, 11) is 1.62. The minimum Gasteiger partial charge on any atom is -0.497 e. The van der Waals surface area contributed by atoms with E-state index in [4.69, 9.17) is 9.47 Å². The molecule has 1 aromatic carbocycles. The number of rotatable bonds is 6. The molecule has 5 heteroatoms. The Morgan fingerprint density at radius 1 is 1.16 bits per heavy atom. The molecule has 0 amide bonds. The van der Waals surface area contributed by atoms with Gasteiger partial charge in [0.2, 0.25) is 5.88 Å². The molecular weight excluding hydrogens is 242 g/mol. The number of hydrogen-bond acceptors (Lipinski definition) is 5. The number of benzene rings is 1. The van der Waals surface area contributed by atoms with Gasteiger partial charge in [0.05, 0.1) is 25.2 Å². The predicted molar refractivity (Wildman–Crippen MR) is 72.5 cm³/mol. The fourth-order valence-electron chi connectivity index (χ4n) is 1.53. The van der Waals surface area contributed by atoms with Gasteiger partial charge in [0.25, 0.3) is 0 Å². The van der Waals surface area contributed by atoms with Crippen LogP contribution in [0.15, 0.2) is 36.7 Å². The van der Waals surface area contributed by atoms with Gasteiger partial charge in [-0.3, -0.25) is 4.98 Å². The summed E-state index contributed by atoms with van der Waals surface area (Å²) >= 11 is 0. The predicted octanol–water partition coefficient (Wildman–Crippen LogP) is 2.39. The average Bonchev–Trinajstić information content (AvgIpc) is 2.47. The van der Waals surface area contributed by atoms with E-state index in [1.54, 1.807) is 25.6 Å². The van der Waals surface area contributed by atoms with Crippen LogP contribution < -0.4 is 14.8 Å². The Hall–Kier alpha value is -2.14. The fourth-order valence-corrected chi connectivity index (χ4v) is 1.53. The molecule has 0 spiro atoms. The van der Waals surface area contributed by atoms with E-state index in [1.807, 2.05) is 25.1 Å². The standard InChI is InChI=1S/C14H17N3O2/c1-3-15-8-11-9-17-14(10-16-11)19-13-6-4-5-12(7-13)18-2/h4-7,9-10,15H,3,8H2,1-2H3. The van der Waals surface area contributed by atoms with Gasteiger partial charge in [0.1, 0.15) is 11.5 Å². The Kier molecular flexibility index (Phi) is 4.69. The fraction of sp³-hybridized carbons (Fsp3) is 0.286. The molecule has 0 aliphatic heterocycles. The summed E-state index contributed by atoms with van der Waals surface area (Å²) in [6.07, 6.45) is 3.32. The maximum absolute atomic E-state index is 5.61. The second kappa shape index (κ2) is 6.70. The maximum Gasteiger partial charge on any atom is 0.237 e. The van der Waals surface area contributed by atoms with Crippen molar-refractivity contribution in [2.75, 3.05) is 13.7 Å². The largest absolute Gasteiger partial charge is 0.497 e. The van der Waals surface area contributed by atoms with E-state index >= 15 is 0 Å². The van der Waals surface area contributed by atoms with Crippen LogP contribution in [0.5, 0.6) is 17.4 Å². The lowest BCUT2D eigenvalue weighted by Crippen LogP contribution is -2.13. The lowest BCUT2D eigenvalue weighted by atomic mass is 10.3. The zero-order valence-electron chi connectivity index (χ0n) is 11.1. The highest BCUT2D eigenvalue weighted by Gasteiger charge is 2.01. The third-order valence-corrected chi connectivity index (χ3v) is 2.50. The number of ether oxygens (including phenoxy) is 2. The third kappa shape index (κ3) is 3.93. The highest BCUT2D eigenvalue weighted by Crippen LogP contribution is 2.23. The van der Waals surface area contributed by atoms with Crippen LogP contribution in [0.2, 0.25) is 0 Å². The summed E-state index contributed by atoms with van der Waals surface area (Å²) < 4.78 is 10.7. The normalized spacial score (nSPS) is 10.2. The van der Waals surface area contributed by atoms with Crippen LogP contribution in [-0.2, 0) is 6.54 Å². The van der Waals surface area contributed by atoms with Gasteiger partial charge in [0, 0.05) is 12.6 Å². The minimum absolute atomic E-state index is 0.466. The quantitative estimate of drug-likeness (QED) is 0.863. The smallest absolute Gasteiger partial charge is 0.237 e. The van der Waals surface area contributed by atoms with Gasteiger partial charge in [0.15, 0.2) is 0 Å². The van der Waals surface area contributed by atoms with Crippen LogP contribution >= 0.6 is 0 Å². The minimum atomic E-state index is 0.466. The Balaban J connectivity index is 2.02. The Labute approximate surface area is 112 Å². The first-order valence-electron chi connectivity index (χ1n) is 6.15. The molecule has 0 atom stereocenters. The van der Waals surface area contributed by atoms with Gasteiger partial charge >= 0.3 is 0 Å². The number of nitrogens with one attached hydrogen (secondary N) is 1. The van der Waals surface area contributed by atoms with Crippen molar-refractivity contribution in [1.82, 2.24) is 15.3 Å². The van der Waals surface area contributed by atoms with Crippen molar-refractivity contribution in [3.05, 3.63) is 42.4 Å². The lowest BCUT2D eigenvalue weighted by Gasteiger charge is -2.06. The molecule has 0 radical (unpaired) electrons. The molecule has 2 rings (SSSR count). The molecule has 1 aromatic heterocycles. The molecule has 0 fully saturated rings. The number of hydrogen-bond donors (Lipinski definition) is 1. The van der Waals surface area contributed by atoms with Crippen molar-refractivity contribution < 1.29 is 9.47 Å². The van der Waals surface area contributed by atoms with Crippen molar-refractivity contribution in [2.24, 2.45) is 0 Å². The van der Waals surface area contributed by atoms with Crippen LogP contribution in [-0.4, -0.2) is 23.6 Å². The maximum atomic E-state index is 5.61. The zero-order chi connectivity index (χ0) is 13.5. The SMILES string of the molecule is CCNCc1cnc(Oc2cccc(OC)c2)cn1. The van der Waals surface area contributed by atoms with E-state index in [1.165, 1.54) is 0 Å². The van der Waals surface area contributed by atoms with Crippen LogP contribution in [0, 0.1) is 0 Å². The first-order valence-corrected chi connectivity index (χ1v) is 6.15. The third-order valence-electron chi connectivity index (χ3n) is 2.50. The number of methoxy groups -OCH3 is 1. The van der Waals surface area contributed by atoms with Crippen molar-refractivity contribution in [2.45, 2.75) is 13.5 Å². The second-order valence-corrected chi connectivity index (χ2v) is 3.91. The van der Waals surface area contributed by atoms with Crippen LogP contribution in [0.25, 0.3) is 0 Å². The van der Waals surface area contributed by atoms with E-state index in [0.717, 1.165) is 18.0 Å². The zero-order valence-corrected chi connectivity index (χ0v) is 11.1. The van der Waals surface area contributed by atoms with Crippen molar-refractivity contribution in [3.63, 3.8) is 0 Å². The molecule has 1 heterocycles. The van der Waals surface area contributed by atoms with Crippen LogP contribution in [0.3, 0.4) is 0 Å². The van der Waals surface area contributed by atoms with Gasteiger partial charge < -0.3 is 14.8 Å². The Morgan fingerprint density at radius 2 is 2.00 bits per heavy atom. The molecule has 0 bridgehead atoms.